The van der Waals surface area contributed by atoms with Crippen LogP contribution < -0.4 is 4.72 Å². The van der Waals surface area contributed by atoms with Crippen LogP contribution in [0.1, 0.15) is 0 Å². The van der Waals surface area contributed by atoms with E-state index in [1.165, 1.54) is 0 Å². The van der Waals surface area contributed by atoms with Crippen LogP contribution in [0.3, 0.4) is 0 Å². The van der Waals surface area contributed by atoms with Crippen LogP contribution in [-0.4, -0.2) is 32.9 Å². The minimum Gasteiger partial charge on any atom is -0.396 e. The Labute approximate surface area is 110 Å². The fourth-order valence-electron chi connectivity index (χ4n) is 1.20. The van der Waals surface area contributed by atoms with Crippen molar-refractivity contribution in [3.05, 3.63) is 23.3 Å². The van der Waals surface area contributed by atoms with E-state index in [0.29, 0.717) is 11.8 Å². The quantitative estimate of drug-likeness (QED) is 0.487. The van der Waals surface area contributed by atoms with Gasteiger partial charge in [0.1, 0.15) is 0 Å². The van der Waals surface area contributed by atoms with Crippen molar-refractivity contribution < 1.29 is 31.1 Å². The molecule has 1 aromatic carbocycles. The highest BCUT2D eigenvalue weighted by molar-refractivity contribution is 7.99. The topological polar surface area (TPSA) is 66.4 Å². The summed E-state index contributed by atoms with van der Waals surface area (Å²) in [6.45, 7) is -0.469. The predicted molar refractivity (Wildman–Crippen MR) is 60.3 cm³/mol. The molecule has 0 radical (unpaired) electrons. The molecular formula is C9H9F4NO3S2. The molecule has 0 aliphatic carbocycles. The Balaban J connectivity index is 3.57. The molecule has 1 aromatic rings. The van der Waals surface area contributed by atoms with Crippen molar-refractivity contribution in [3.8, 4) is 0 Å². The lowest BCUT2D eigenvalue weighted by Crippen LogP contribution is -2.23. The van der Waals surface area contributed by atoms with Gasteiger partial charge in [-0.25, -0.2) is 30.7 Å². The number of nitrogens with one attached hydrogen (secondary N) is 1. The highest BCUT2D eigenvalue weighted by Gasteiger charge is 2.32. The minimum absolute atomic E-state index is 0.204. The largest absolute Gasteiger partial charge is 0.396 e. The summed E-state index contributed by atoms with van der Waals surface area (Å²) in [6.07, 6.45) is 0. The van der Waals surface area contributed by atoms with Gasteiger partial charge in [0.25, 0.3) is 0 Å². The van der Waals surface area contributed by atoms with Gasteiger partial charge in [-0.1, -0.05) is 0 Å². The number of thioether (sulfide) groups is 1. The maximum absolute atomic E-state index is 13.5. The zero-order chi connectivity index (χ0) is 14.8. The summed E-state index contributed by atoms with van der Waals surface area (Å²) in [7, 11) is -3.83. The normalized spacial score (nSPS) is 11.9. The Morgan fingerprint density at radius 3 is 1.95 bits per heavy atom. The molecule has 0 heterocycles. The number of benzene rings is 1. The van der Waals surface area contributed by atoms with Gasteiger partial charge < -0.3 is 5.11 Å². The summed E-state index contributed by atoms with van der Waals surface area (Å²) >= 11 is 0.334. The lowest BCUT2D eigenvalue weighted by atomic mass is 10.3. The maximum Gasteiger partial charge on any atom is 0.246 e. The summed E-state index contributed by atoms with van der Waals surface area (Å²) in [6, 6.07) is 0. The summed E-state index contributed by atoms with van der Waals surface area (Å²) < 4.78 is 78.3. The van der Waals surface area contributed by atoms with Crippen LogP contribution in [0, 0.1) is 23.3 Å². The van der Waals surface area contributed by atoms with Gasteiger partial charge in [-0.3, -0.25) is 0 Å². The molecule has 4 nitrogen and oxygen atoms in total. The van der Waals surface area contributed by atoms with Crippen LogP contribution in [0.5, 0.6) is 0 Å². The lowest BCUT2D eigenvalue weighted by molar-refractivity contribution is 0.322. The molecule has 0 amide bonds. The Hall–Kier alpha value is -0.840. The molecule has 19 heavy (non-hydrogen) atoms. The maximum atomic E-state index is 13.5. The number of rotatable bonds is 5. The molecule has 0 aromatic heterocycles. The van der Waals surface area contributed by atoms with Crippen molar-refractivity contribution in [3.63, 3.8) is 0 Å². The van der Waals surface area contributed by atoms with Crippen LogP contribution >= 0.6 is 11.8 Å². The molecule has 0 fully saturated rings. The molecule has 0 atom stereocenters. The number of halogens is 4. The van der Waals surface area contributed by atoms with E-state index in [0.717, 1.165) is 7.05 Å². The molecule has 108 valence electrons. The van der Waals surface area contributed by atoms with E-state index >= 15 is 0 Å². The van der Waals surface area contributed by atoms with Crippen molar-refractivity contribution >= 4 is 21.8 Å². The third-order valence-electron chi connectivity index (χ3n) is 2.06. The van der Waals surface area contributed by atoms with Gasteiger partial charge >= 0.3 is 0 Å². The number of aliphatic hydroxyl groups excluding tert-OH is 1. The van der Waals surface area contributed by atoms with Crippen molar-refractivity contribution in [2.24, 2.45) is 0 Å². The van der Waals surface area contributed by atoms with Gasteiger partial charge in [-0.15, -0.1) is 11.8 Å². The standard InChI is InChI=1S/C9H9F4NO3S2/c1-14-19(16,17)9-6(12)4(10)8(18-3-2-15)5(11)7(9)13/h14-15H,2-3H2,1H3. The van der Waals surface area contributed by atoms with E-state index in [-0.39, 0.29) is 5.75 Å². The first-order valence-electron chi connectivity index (χ1n) is 4.81. The number of aliphatic hydroxyl groups is 1. The average Bonchev–Trinajstić information content (AvgIpc) is 2.36. The SMILES string of the molecule is CNS(=O)(=O)c1c(F)c(F)c(SCCO)c(F)c1F. The minimum atomic E-state index is -4.68. The Morgan fingerprint density at radius 1 is 1.11 bits per heavy atom. The first kappa shape index (κ1) is 16.2. The highest BCUT2D eigenvalue weighted by atomic mass is 32.2. The van der Waals surface area contributed by atoms with Crippen LogP contribution in [-0.2, 0) is 10.0 Å². The van der Waals surface area contributed by atoms with Crippen molar-refractivity contribution in [1.29, 1.82) is 0 Å². The van der Waals surface area contributed by atoms with Gasteiger partial charge in [-0.05, 0) is 7.05 Å². The molecule has 0 unspecified atom stereocenters. The first-order valence-corrected chi connectivity index (χ1v) is 7.28. The third-order valence-corrected chi connectivity index (χ3v) is 4.53. The Bertz CT molecular complexity index is 563. The molecule has 0 saturated carbocycles. The average molecular weight is 319 g/mol. The summed E-state index contributed by atoms with van der Waals surface area (Å²) in [4.78, 5) is -2.72. The molecular weight excluding hydrogens is 310 g/mol. The van der Waals surface area contributed by atoms with E-state index in [1.54, 1.807) is 4.72 Å². The van der Waals surface area contributed by atoms with E-state index < -0.39 is 49.7 Å². The van der Waals surface area contributed by atoms with Crippen LogP contribution in [0.2, 0.25) is 0 Å². The van der Waals surface area contributed by atoms with Crippen LogP contribution in [0.25, 0.3) is 0 Å². The second kappa shape index (κ2) is 6.07. The molecule has 0 aliphatic heterocycles. The predicted octanol–water partition coefficient (Wildman–Crippen LogP) is 1.24. The summed E-state index contributed by atoms with van der Waals surface area (Å²) in [5, 5.41) is 8.51. The molecule has 0 saturated heterocycles. The van der Waals surface area contributed by atoms with Gasteiger partial charge in [0.2, 0.25) is 10.0 Å². The van der Waals surface area contributed by atoms with Crippen molar-refractivity contribution in [2.45, 2.75) is 9.79 Å². The smallest absolute Gasteiger partial charge is 0.246 e. The van der Waals surface area contributed by atoms with Crippen LogP contribution in [0.15, 0.2) is 9.79 Å². The Kier molecular flexibility index (Phi) is 5.18. The first-order chi connectivity index (χ1) is 8.77. The van der Waals surface area contributed by atoms with E-state index in [1.807, 2.05) is 0 Å². The van der Waals surface area contributed by atoms with E-state index in [9.17, 15) is 26.0 Å². The Morgan fingerprint density at radius 2 is 1.58 bits per heavy atom. The number of sulfonamides is 1. The second-order valence-corrected chi connectivity index (χ2v) is 6.12. The van der Waals surface area contributed by atoms with Crippen LogP contribution in [0.4, 0.5) is 17.6 Å². The zero-order valence-corrected chi connectivity index (χ0v) is 11.1. The summed E-state index contributed by atoms with van der Waals surface area (Å²) in [5.41, 5.74) is 0. The lowest BCUT2D eigenvalue weighted by Gasteiger charge is -2.11. The van der Waals surface area contributed by atoms with Crippen molar-refractivity contribution in [1.82, 2.24) is 4.72 Å². The van der Waals surface area contributed by atoms with Gasteiger partial charge in [0.15, 0.2) is 28.2 Å². The van der Waals surface area contributed by atoms with Gasteiger partial charge in [0, 0.05) is 5.75 Å². The molecule has 10 heteroatoms. The second-order valence-electron chi connectivity index (χ2n) is 3.19. The fraction of sp³-hybridized carbons (Fsp3) is 0.333. The molecule has 0 bridgehead atoms. The van der Waals surface area contributed by atoms with Gasteiger partial charge in [0.05, 0.1) is 11.5 Å². The number of hydrogen-bond acceptors (Lipinski definition) is 4. The molecule has 1 rings (SSSR count). The van der Waals surface area contributed by atoms with E-state index in [4.69, 9.17) is 5.11 Å². The highest BCUT2D eigenvalue weighted by Crippen LogP contribution is 2.33. The number of hydrogen-bond donors (Lipinski definition) is 2. The molecule has 0 aliphatic rings. The van der Waals surface area contributed by atoms with Gasteiger partial charge in [-0.2, -0.15) is 0 Å². The zero-order valence-electron chi connectivity index (χ0n) is 9.51. The molecule has 2 N–H and O–H groups in total. The monoisotopic (exact) mass is 319 g/mol. The summed E-state index contributed by atoms with van der Waals surface area (Å²) in [5.74, 6) is -7.84. The fourth-order valence-corrected chi connectivity index (χ4v) is 2.79. The van der Waals surface area contributed by atoms with E-state index in [2.05, 4.69) is 0 Å². The third kappa shape index (κ3) is 3.02. The van der Waals surface area contributed by atoms with Crippen molar-refractivity contribution in [2.75, 3.05) is 19.4 Å². The molecule has 0 spiro atoms.